The van der Waals surface area contributed by atoms with E-state index in [2.05, 4.69) is 68.9 Å². The standard InChI is InChI=1S/C15H15BrINO/c1-19-15-6-5-10(7-13(15)16)8-14(18)11-3-2-4-12(17)9-11/h2-7,9,14H,8,18H2,1H3. The molecule has 2 aromatic rings. The van der Waals surface area contributed by atoms with Gasteiger partial charge in [-0.25, -0.2) is 0 Å². The van der Waals surface area contributed by atoms with E-state index < -0.39 is 0 Å². The van der Waals surface area contributed by atoms with Crippen LogP contribution >= 0.6 is 38.5 Å². The number of hydrogen-bond acceptors (Lipinski definition) is 2. The summed E-state index contributed by atoms with van der Waals surface area (Å²) in [7, 11) is 1.66. The lowest BCUT2D eigenvalue weighted by Gasteiger charge is -2.13. The van der Waals surface area contributed by atoms with Crippen LogP contribution in [0.25, 0.3) is 0 Å². The molecule has 0 aromatic heterocycles. The summed E-state index contributed by atoms with van der Waals surface area (Å²) in [5.74, 6) is 0.839. The van der Waals surface area contributed by atoms with Gasteiger partial charge in [0.2, 0.25) is 0 Å². The quantitative estimate of drug-likeness (QED) is 0.732. The van der Waals surface area contributed by atoms with E-state index in [1.165, 1.54) is 14.7 Å². The van der Waals surface area contributed by atoms with Gasteiger partial charge in [-0.05, 0) is 80.3 Å². The predicted octanol–water partition coefficient (Wildman–Crippen LogP) is 4.30. The molecule has 0 aliphatic heterocycles. The zero-order valence-electron chi connectivity index (χ0n) is 10.6. The summed E-state index contributed by atoms with van der Waals surface area (Å²) in [6, 6.07) is 14.4. The minimum Gasteiger partial charge on any atom is -0.496 e. The fourth-order valence-electron chi connectivity index (χ4n) is 1.95. The highest BCUT2D eigenvalue weighted by Crippen LogP contribution is 2.27. The molecule has 0 heterocycles. The molecule has 0 amide bonds. The Morgan fingerprint density at radius 2 is 2.05 bits per heavy atom. The van der Waals surface area contributed by atoms with Crippen molar-refractivity contribution in [3.63, 3.8) is 0 Å². The maximum atomic E-state index is 6.27. The fourth-order valence-corrected chi connectivity index (χ4v) is 3.10. The first-order valence-corrected chi connectivity index (χ1v) is 7.81. The van der Waals surface area contributed by atoms with Gasteiger partial charge >= 0.3 is 0 Å². The van der Waals surface area contributed by atoms with Crippen molar-refractivity contribution in [1.82, 2.24) is 0 Å². The van der Waals surface area contributed by atoms with E-state index in [4.69, 9.17) is 10.5 Å². The third-order valence-electron chi connectivity index (χ3n) is 2.95. The lowest BCUT2D eigenvalue weighted by Crippen LogP contribution is -2.13. The third-order valence-corrected chi connectivity index (χ3v) is 4.24. The average molecular weight is 432 g/mol. The lowest BCUT2D eigenvalue weighted by molar-refractivity contribution is 0.412. The molecule has 0 radical (unpaired) electrons. The Bertz CT molecular complexity index is 574. The van der Waals surface area contributed by atoms with Gasteiger partial charge in [0.05, 0.1) is 11.6 Å². The number of benzene rings is 2. The van der Waals surface area contributed by atoms with Crippen LogP contribution < -0.4 is 10.5 Å². The molecule has 4 heteroatoms. The molecule has 0 spiro atoms. The molecule has 19 heavy (non-hydrogen) atoms. The van der Waals surface area contributed by atoms with E-state index in [1.807, 2.05) is 12.1 Å². The molecule has 0 saturated carbocycles. The molecular weight excluding hydrogens is 417 g/mol. The molecule has 0 aliphatic rings. The van der Waals surface area contributed by atoms with E-state index in [0.717, 1.165) is 16.6 Å². The summed E-state index contributed by atoms with van der Waals surface area (Å²) in [5, 5.41) is 0. The normalized spacial score (nSPS) is 12.2. The van der Waals surface area contributed by atoms with Crippen molar-refractivity contribution in [1.29, 1.82) is 0 Å². The van der Waals surface area contributed by atoms with Crippen LogP contribution in [0.15, 0.2) is 46.9 Å². The number of nitrogens with two attached hydrogens (primary N) is 1. The molecule has 1 atom stereocenters. The SMILES string of the molecule is COc1ccc(CC(N)c2cccc(I)c2)cc1Br. The monoisotopic (exact) mass is 431 g/mol. The summed E-state index contributed by atoms with van der Waals surface area (Å²) < 4.78 is 7.40. The first-order valence-electron chi connectivity index (χ1n) is 5.93. The van der Waals surface area contributed by atoms with Crippen LogP contribution in [-0.4, -0.2) is 7.11 Å². The summed E-state index contributed by atoms with van der Waals surface area (Å²) in [5.41, 5.74) is 8.63. The van der Waals surface area contributed by atoms with Crippen LogP contribution in [0.2, 0.25) is 0 Å². The Kier molecular flexibility index (Phi) is 5.24. The van der Waals surface area contributed by atoms with Gasteiger partial charge in [0, 0.05) is 9.61 Å². The Morgan fingerprint density at radius 3 is 2.68 bits per heavy atom. The Morgan fingerprint density at radius 1 is 1.26 bits per heavy atom. The summed E-state index contributed by atoms with van der Waals surface area (Å²) in [6.07, 6.45) is 0.808. The molecular formula is C15H15BrINO. The van der Waals surface area contributed by atoms with Crippen molar-refractivity contribution in [2.24, 2.45) is 5.73 Å². The zero-order valence-corrected chi connectivity index (χ0v) is 14.3. The first kappa shape index (κ1) is 14.8. The number of methoxy groups -OCH3 is 1. The summed E-state index contributed by atoms with van der Waals surface area (Å²) in [6.45, 7) is 0. The van der Waals surface area contributed by atoms with Crippen molar-refractivity contribution in [2.45, 2.75) is 12.5 Å². The molecule has 2 nitrogen and oxygen atoms in total. The highest BCUT2D eigenvalue weighted by Gasteiger charge is 2.09. The van der Waals surface area contributed by atoms with Gasteiger partial charge in [0.1, 0.15) is 5.75 Å². The van der Waals surface area contributed by atoms with Crippen molar-refractivity contribution in [3.05, 3.63) is 61.6 Å². The van der Waals surface area contributed by atoms with Gasteiger partial charge in [0.25, 0.3) is 0 Å². The van der Waals surface area contributed by atoms with Crippen molar-refractivity contribution < 1.29 is 4.74 Å². The van der Waals surface area contributed by atoms with Gasteiger partial charge in [0.15, 0.2) is 0 Å². The molecule has 0 saturated heterocycles. The van der Waals surface area contributed by atoms with E-state index >= 15 is 0 Å². The lowest BCUT2D eigenvalue weighted by atomic mass is 10.00. The molecule has 1 unspecified atom stereocenters. The van der Waals surface area contributed by atoms with Gasteiger partial charge in [-0.15, -0.1) is 0 Å². The van der Waals surface area contributed by atoms with Crippen LogP contribution in [0.1, 0.15) is 17.2 Å². The minimum absolute atomic E-state index is 0.00927. The van der Waals surface area contributed by atoms with Gasteiger partial charge in [-0.1, -0.05) is 18.2 Å². The number of ether oxygens (including phenoxy) is 1. The molecule has 100 valence electrons. The zero-order chi connectivity index (χ0) is 13.8. The summed E-state index contributed by atoms with van der Waals surface area (Å²) in [4.78, 5) is 0. The van der Waals surface area contributed by atoms with E-state index in [-0.39, 0.29) is 6.04 Å². The molecule has 2 aromatic carbocycles. The van der Waals surface area contributed by atoms with Crippen LogP contribution in [0, 0.1) is 3.57 Å². The van der Waals surface area contributed by atoms with Gasteiger partial charge in [-0.3, -0.25) is 0 Å². The molecule has 0 aliphatic carbocycles. The Labute approximate surface area is 135 Å². The molecule has 0 bridgehead atoms. The first-order chi connectivity index (χ1) is 9.10. The largest absolute Gasteiger partial charge is 0.496 e. The number of halogens is 2. The van der Waals surface area contributed by atoms with Crippen molar-refractivity contribution in [2.75, 3.05) is 7.11 Å². The summed E-state index contributed by atoms with van der Waals surface area (Å²) >= 11 is 5.80. The van der Waals surface area contributed by atoms with Crippen LogP contribution in [0.3, 0.4) is 0 Å². The highest BCUT2D eigenvalue weighted by atomic mass is 127. The molecule has 2 rings (SSSR count). The second-order valence-corrected chi connectivity index (χ2v) is 6.43. The predicted molar refractivity (Wildman–Crippen MR) is 90.5 cm³/mol. The van der Waals surface area contributed by atoms with Crippen LogP contribution in [0.4, 0.5) is 0 Å². The van der Waals surface area contributed by atoms with Crippen molar-refractivity contribution >= 4 is 38.5 Å². The Balaban J connectivity index is 2.14. The second-order valence-electron chi connectivity index (χ2n) is 4.33. The smallest absolute Gasteiger partial charge is 0.133 e. The molecule has 2 N–H and O–H groups in total. The van der Waals surface area contributed by atoms with E-state index in [9.17, 15) is 0 Å². The van der Waals surface area contributed by atoms with E-state index in [0.29, 0.717) is 0 Å². The third kappa shape index (κ3) is 3.94. The van der Waals surface area contributed by atoms with Crippen molar-refractivity contribution in [3.8, 4) is 5.75 Å². The number of rotatable bonds is 4. The minimum atomic E-state index is 0.00927. The van der Waals surface area contributed by atoms with Gasteiger partial charge in [-0.2, -0.15) is 0 Å². The maximum Gasteiger partial charge on any atom is 0.133 e. The second kappa shape index (κ2) is 6.72. The average Bonchev–Trinajstić information content (AvgIpc) is 2.39. The topological polar surface area (TPSA) is 35.2 Å². The fraction of sp³-hybridized carbons (Fsp3) is 0.200. The van der Waals surface area contributed by atoms with E-state index in [1.54, 1.807) is 7.11 Å². The van der Waals surface area contributed by atoms with Crippen LogP contribution in [-0.2, 0) is 6.42 Å². The highest BCUT2D eigenvalue weighted by molar-refractivity contribution is 14.1. The Hall–Kier alpha value is -0.590. The van der Waals surface area contributed by atoms with Crippen LogP contribution in [0.5, 0.6) is 5.75 Å². The molecule has 0 fully saturated rings. The number of hydrogen-bond donors (Lipinski definition) is 1. The van der Waals surface area contributed by atoms with Gasteiger partial charge < -0.3 is 10.5 Å². The maximum absolute atomic E-state index is 6.27.